The molecule has 0 saturated carbocycles. The topological polar surface area (TPSA) is 124 Å². The number of nitrogens with one attached hydrogen (secondary N) is 1. The zero-order valence-electron chi connectivity index (χ0n) is 33.8. The molecule has 0 radical (unpaired) electrons. The number of hydrogen-bond donors (Lipinski definition) is 4. The fourth-order valence-electron chi connectivity index (χ4n) is 6.56. The molecule has 0 bridgehead atoms. The van der Waals surface area contributed by atoms with E-state index in [0.29, 0.717) is 6.42 Å². The van der Waals surface area contributed by atoms with E-state index >= 15 is 0 Å². The van der Waals surface area contributed by atoms with Gasteiger partial charge in [0.25, 0.3) is 10.1 Å². The molecule has 0 aliphatic rings. The van der Waals surface area contributed by atoms with E-state index in [4.69, 9.17) is 0 Å². The summed E-state index contributed by atoms with van der Waals surface area (Å²) in [6.45, 7) is 4.49. The number of aliphatic hydroxyl groups excluding tert-OH is 2. The molecule has 306 valence electrons. The third-order valence-corrected chi connectivity index (χ3v) is 10.7. The van der Waals surface area contributed by atoms with Gasteiger partial charge in [0.1, 0.15) is 6.10 Å². The lowest BCUT2D eigenvalue weighted by Gasteiger charge is -2.22. The van der Waals surface area contributed by atoms with Crippen LogP contribution >= 0.6 is 0 Å². The summed E-state index contributed by atoms with van der Waals surface area (Å²) in [5, 5.41) is 23.4. The van der Waals surface area contributed by atoms with Crippen LogP contribution in [0.15, 0.2) is 36.5 Å². The molecule has 0 aromatic heterocycles. The zero-order valence-corrected chi connectivity index (χ0v) is 34.6. The van der Waals surface area contributed by atoms with E-state index in [1.807, 2.05) is 0 Å². The number of amides is 1. The van der Waals surface area contributed by atoms with Crippen LogP contribution in [0.4, 0.5) is 0 Å². The minimum Gasteiger partial charge on any atom is -0.387 e. The Kier molecular flexibility index (Phi) is 36.7. The molecule has 52 heavy (non-hydrogen) atoms. The molecule has 0 spiro atoms. The normalized spacial score (nSPS) is 14.2. The molecular formula is C44H83NO6S. The molecule has 3 unspecified atom stereocenters. The van der Waals surface area contributed by atoms with Crippen molar-refractivity contribution in [2.45, 2.75) is 231 Å². The van der Waals surface area contributed by atoms with Crippen molar-refractivity contribution in [1.29, 1.82) is 0 Å². The fourth-order valence-corrected chi connectivity index (χ4v) is 7.30. The van der Waals surface area contributed by atoms with Crippen molar-refractivity contribution in [1.82, 2.24) is 5.32 Å². The minimum absolute atomic E-state index is 0.275. The number of carbonyl (C=O) groups is 1. The Hall–Kier alpha value is -1.48. The smallest absolute Gasteiger partial charge is 0.267 e. The number of carbonyl (C=O) groups excluding carboxylic acids is 1. The van der Waals surface area contributed by atoms with Gasteiger partial charge in [-0.15, -0.1) is 0 Å². The summed E-state index contributed by atoms with van der Waals surface area (Å²) in [7, 11) is -4.44. The molecule has 1 amide bonds. The van der Waals surface area contributed by atoms with Crippen molar-refractivity contribution < 1.29 is 28.0 Å². The standard InChI is InChI=1S/C44H83NO6S/c1-3-5-7-9-11-13-15-17-19-21-23-25-27-29-31-33-35-37-39-43(47)44(48)45-41(40-52(49,50)51)42(46)38-36-34-32-30-28-26-24-22-20-18-16-14-12-10-8-6-4-2/h11,13,15,17,36,38,41-43,46-47H,3-10,12,14,16,18-35,37,39-40H2,1-2H3,(H,45,48)(H,49,50,51)/b13-11-,17-15-,38-36+. The van der Waals surface area contributed by atoms with Crippen LogP contribution in [0.3, 0.4) is 0 Å². The predicted octanol–water partition coefficient (Wildman–Crippen LogP) is 11.9. The van der Waals surface area contributed by atoms with Gasteiger partial charge in [0.15, 0.2) is 0 Å². The monoisotopic (exact) mass is 754 g/mol. The number of allylic oxidation sites excluding steroid dienone is 5. The summed E-state index contributed by atoms with van der Waals surface area (Å²) in [5.74, 6) is -1.54. The first-order valence-electron chi connectivity index (χ1n) is 21.8. The largest absolute Gasteiger partial charge is 0.387 e. The molecule has 3 atom stereocenters. The van der Waals surface area contributed by atoms with Crippen LogP contribution in [0, 0.1) is 0 Å². The third-order valence-electron chi connectivity index (χ3n) is 9.95. The van der Waals surface area contributed by atoms with Gasteiger partial charge < -0.3 is 15.5 Å². The third kappa shape index (κ3) is 36.9. The SMILES string of the molecule is CCCCC/C=C\C=C/CCCCCCCCCCCC(O)C(=O)NC(CS(=O)(=O)O)C(O)/C=C/CCCCCCCCCCCCCCCCC. The summed E-state index contributed by atoms with van der Waals surface area (Å²) < 4.78 is 32.6. The van der Waals surface area contributed by atoms with Crippen LogP contribution in [0.1, 0.15) is 213 Å². The van der Waals surface area contributed by atoms with E-state index < -0.39 is 40.0 Å². The zero-order chi connectivity index (χ0) is 38.4. The number of rotatable bonds is 39. The molecule has 0 heterocycles. The van der Waals surface area contributed by atoms with E-state index in [2.05, 4.69) is 43.5 Å². The Bertz CT molecular complexity index is 979. The lowest BCUT2D eigenvalue weighted by atomic mass is 10.0. The average molecular weight is 754 g/mol. The molecule has 0 aromatic rings. The lowest BCUT2D eigenvalue weighted by molar-refractivity contribution is -0.130. The fraction of sp³-hybridized carbons (Fsp3) is 0.841. The summed E-state index contributed by atoms with van der Waals surface area (Å²) in [5.41, 5.74) is 0. The maximum Gasteiger partial charge on any atom is 0.267 e. The molecule has 8 heteroatoms. The van der Waals surface area contributed by atoms with Crippen LogP contribution in [-0.4, -0.2) is 53.1 Å². The van der Waals surface area contributed by atoms with Crippen molar-refractivity contribution in [2.24, 2.45) is 0 Å². The van der Waals surface area contributed by atoms with Gasteiger partial charge in [-0.3, -0.25) is 9.35 Å². The predicted molar refractivity (Wildman–Crippen MR) is 222 cm³/mol. The number of unbranched alkanes of at least 4 members (excludes halogenated alkanes) is 27. The number of aliphatic hydroxyl groups is 2. The van der Waals surface area contributed by atoms with Gasteiger partial charge >= 0.3 is 0 Å². The Labute approximate surface area is 321 Å². The van der Waals surface area contributed by atoms with Crippen LogP contribution in [-0.2, 0) is 14.9 Å². The molecule has 0 rings (SSSR count). The van der Waals surface area contributed by atoms with E-state index in [-0.39, 0.29) is 6.42 Å². The van der Waals surface area contributed by atoms with Crippen molar-refractivity contribution in [3.05, 3.63) is 36.5 Å². The summed E-state index contributed by atoms with van der Waals surface area (Å²) in [4.78, 5) is 12.6. The molecule has 0 aliphatic heterocycles. The highest BCUT2D eigenvalue weighted by Gasteiger charge is 2.27. The van der Waals surface area contributed by atoms with Gasteiger partial charge in [0.2, 0.25) is 5.91 Å². The van der Waals surface area contributed by atoms with Crippen LogP contribution in [0.5, 0.6) is 0 Å². The highest BCUT2D eigenvalue weighted by molar-refractivity contribution is 7.85. The highest BCUT2D eigenvalue weighted by atomic mass is 32.2. The first-order valence-corrected chi connectivity index (χ1v) is 23.4. The van der Waals surface area contributed by atoms with Gasteiger partial charge in [-0.25, -0.2) is 0 Å². The number of hydrogen-bond acceptors (Lipinski definition) is 5. The maximum absolute atomic E-state index is 12.6. The highest BCUT2D eigenvalue weighted by Crippen LogP contribution is 2.15. The summed E-state index contributed by atoms with van der Waals surface area (Å²) >= 11 is 0. The second-order valence-electron chi connectivity index (χ2n) is 15.1. The van der Waals surface area contributed by atoms with Crippen molar-refractivity contribution in [3.8, 4) is 0 Å². The van der Waals surface area contributed by atoms with E-state index in [1.54, 1.807) is 6.08 Å². The summed E-state index contributed by atoms with van der Waals surface area (Å²) in [6, 6.07) is -1.23. The van der Waals surface area contributed by atoms with Gasteiger partial charge in [-0.2, -0.15) is 8.42 Å². The first-order chi connectivity index (χ1) is 25.2. The van der Waals surface area contributed by atoms with Crippen molar-refractivity contribution >= 4 is 16.0 Å². The van der Waals surface area contributed by atoms with E-state index in [9.17, 15) is 28.0 Å². The molecule has 4 N–H and O–H groups in total. The Morgan fingerprint density at radius 2 is 0.885 bits per heavy atom. The van der Waals surface area contributed by atoms with Gasteiger partial charge in [-0.05, 0) is 44.9 Å². The molecular weight excluding hydrogens is 671 g/mol. The second-order valence-corrected chi connectivity index (χ2v) is 16.6. The van der Waals surface area contributed by atoms with Crippen LogP contribution in [0.2, 0.25) is 0 Å². The van der Waals surface area contributed by atoms with Crippen molar-refractivity contribution in [3.63, 3.8) is 0 Å². The van der Waals surface area contributed by atoms with Crippen LogP contribution < -0.4 is 5.32 Å². The van der Waals surface area contributed by atoms with Crippen LogP contribution in [0.25, 0.3) is 0 Å². The Morgan fingerprint density at radius 3 is 1.31 bits per heavy atom. The van der Waals surface area contributed by atoms with E-state index in [0.717, 1.165) is 44.9 Å². The Morgan fingerprint density at radius 1 is 0.538 bits per heavy atom. The molecule has 0 fully saturated rings. The molecule has 0 saturated heterocycles. The van der Waals surface area contributed by atoms with E-state index in [1.165, 1.54) is 147 Å². The van der Waals surface area contributed by atoms with Crippen molar-refractivity contribution in [2.75, 3.05) is 5.75 Å². The van der Waals surface area contributed by atoms with Gasteiger partial charge in [-0.1, -0.05) is 204 Å². The molecule has 0 aromatic carbocycles. The summed E-state index contributed by atoms with van der Waals surface area (Å²) in [6.07, 6.45) is 46.2. The van der Waals surface area contributed by atoms with Gasteiger partial charge in [0, 0.05) is 0 Å². The molecule has 7 nitrogen and oxygen atoms in total. The lowest BCUT2D eigenvalue weighted by Crippen LogP contribution is -2.50. The second kappa shape index (κ2) is 37.8. The van der Waals surface area contributed by atoms with Gasteiger partial charge in [0.05, 0.1) is 17.9 Å². The molecule has 0 aliphatic carbocycles. The minimum atomic E-state index is -4.44. The average Bonchev–Trinajstić information content (AvgIpc) is 3.11. The maximum atomic E-state index is 12.6. The quantitative estimate of drug-likeness (QED) is 0.0214. The first kappa shape index (κ1) is 50.5. The Balaban J connectivity index is 4.01.